The van der Waals surface area contributed by atoms with Crippen molar-refractivity contribution in [3.8, 4) is 51.4 Å². The molecular formula is C38H32N4. The van der Waals surface area contributed by atoms with Gasteiger partial charge in [0.1, 0.15) is 0 Å². The van der Waals surface area contributed by atoms with Crippen molar-refractivity contribution >= 4 is 0 Å². The Morgan fingerprint density at radius 2 is 1.02 bits per heavy atom. The molecule has 0 amide bonds. The van der Waals surface area contributed by atoms with E-state index < -0.39 is 0 Å². The Balaban J connectivity index is 1.08. The van der Waals surface area contributed by atoms with Gasteiger partial charge in [-0.1, -0.05) is 85.8 Å². The predicted molar refractivity (Wildman–Crippen MR) is 166 cm³/mol. The molecular weight excluding hydrogens is 512 g/mol. The molecule has 3 fully saturated rings. The van der Waals surface area contributed by atoms with Crippen molar-refractivity contribution in [3.05, 3.63) is 114 Å². The minimum Gasteiger partial charge on any atom is -0.208 e. The molecule has 4 nitrogen and oxygen atoms in total. The van der Waals surface area contributed by atoms with Gasteiger partial charge >= 0.3 is 0 Å². The van der Waals surface area contributed by atoms with Gasteiger partial charge in [0.05, 0.1) is 11.6 Å². The minimum absolute atomic E-state index is 0.321. The lowest BCUT2D eigenvalue weighted by molar-refractivity contribution is -0.141. The molecule has 0 saturated heterocycles. The van der Waals surface area contributed by atoms with Gasteiger partial charge in [0.25, 0.3) is 0 Å². The van der Waals surface area contributed by atoms with Crippen LogP contribution in [0.4, 0.5) is 0 Å². The number of hydrogen-bond acceptors (Lipinski definition) is 4. The van der Waals surface area contributed by atoms with Crippen molar-refractivity contribution in [3.63, 3.8) is 0 Å². The zero-order valence-electron chi connectivity index (χ0n) is 23.7. The normalized spacial score (nSPS) is 25.4. The minimum atomic E-state index is 0.321. The van der Waals surface area contributed by atoms with E-state index in [4.69, 9.17) is 15.0 Å². The van der Waals surface area contributed by atoms with E-state index in [1.54, 1.807) is 12.1 Å². The van der Waals surface area contributed by atoms with Gasteiger partial charge in [0.15, 0.2) is 17.5 Å². The highest BCUT2D eigenvalue weighted by Gasteiger charge is 2.59. The van der Waals surface area contributed by atoms with Crippen molar-refractivity contribution in [2.24, 2.45) is 23.7 Å². The van der Waals surface area contributed by atoms with E-state index in [9.17, 15) is 5.26 Å². The van der Waals surface area contributed by atoms with Crippen LogP contribution in [0.15, 0.2) is 103 Å². The molecule has 5 atom stereocenters. The van der Waals surface area contributed by atoms with Crippen molar-refractivity contribution in [2.45, 2.75) is 38.0 Å². The van der Waals surface area contributed by atoms with Crippen LogP contribution >= 0.6 is 0 Å². The highest BCUT2D eigenvalue weighted by atomic mass is 15.0. The van der Waals surface area contributed by atoms with E-state index in [1.807, 2.05) is 42.5 Å². The van der Waals surface area contributed by atoms with Crippen LogP contribution in [0.5, 0.6) is 0 Å². The topological polar surface area (TPSA) is 62.5 Å². The molecule has 1 aromatic heterocycles. The number of rotatable bonds is 5. The maximum Gasteiger partial charge on any atom is 0.164 e. The van der Waals surface area contributed by atoms with Gasteiger partial charge in [-0.3, -0.25) is 0 Å². The molecule has 1 heterocycles. The second-order valence-electron chi connectivity index (χ2n) is 12.8. The standard InChI is InChI=1S/C38H32N4/c1-38(21-31-19-30-20-32(22-38)34(30)31)33-17-15-26(16-18-33)25-11-13-29(14-12-25)37-41-35(27-5-3-2-4-6-27)40-36(42-37)28-9-7-24(23-39)8-10-28/h2-18,30-32,34H,19-22H2,1H3/t30-,31+,32-,34?,38?. The second kappa shape index (κ2) is 9.74. The van der Waals surface area contributed by atoms with E-state index in [2.05, 4.69) is 61.5 Å². The van der Waals surface area contributed by atoms with E-state index >= 15 is 0 Å². The lowest BCUT2D eigenvalue weighted by Gasteiger charge is -2.65. The van der Waals surface area contributed by atoms with Gasteiger partial charge in [-0.2, -0.15) is 5.26 Å². The third kappa shape index (κ3) is 4.23. The smallest absolute Gasteiger partial charge is 0.164 e. The maximum absolute atomic E-state index is 9.21. The summed E-state index contributed by atoms with van der Waals surface area (Å²) in [6.07, 6.45) is 5.68. The van der Waals surface area contributed by atoms with Crippen molar-refractivity contribution in [1.29, 1.82) is 5.26 Å². The Kier molecular flexibility index (Phi) is 5.82. The lowest BCUT2D eigenvalue weighted by Crippen LogP contribution is -2.58. The Labute approximate surface area is 247 Å². The summed E-state index contributed by atoms with van der Waals surface area (Å²) in [4.78, 5) is 14.5. The van der Waals surface area contributed by atoms with Crippen LogP contribution in [0.3, 0.4) is 0 Å². The Morgan fingerprint density at radius 3 is 1.52 bits per heavy atom. The summed E-state index contributed by atoms with van der Waals surface area (Å²) in [5, 5.41) is 9.21. The molecule has 0 radical (unpaired) electrons. The van der Waals surface area contributed by atoms with Gasteiger partial charge in [-0.05, 0) is 95.7 Å². The van der Waals surface area contributed by atoms with E-state index in [0.29, 0.717) is 28.5 Å². The Bertz CT molecular complexity index is 1790. The third-order valence-electron chi connectivity index (χ3n) is 10.3. The summed E-state index contributed by atoms with van der Waals surface area (Å²) in [6.45, 7) is 2.50. The summed E-state index contributed by atoms with van der Waals surface area (Å²) >= 11 is 0. The van der Waals surface area contributed by atoms with Crippen LogP contribution in [0, 0.1) is 35.0 Å². The zero-order chi connectivity index (χ0) is 28.3. The van der Waals surface area contributed by atoms with Gasteiger partial charge < -0.3 is 0 Å². The molecule has 42 heavy (non-hydrogen) atoms. The third-order valence-corrected chi connectivity index (χ3v) is 10.3. The van der Waals surface area contributed by atoms with Crippen LogP contribution in [-0.2, 0) is 5.41 Å². The molecule has 0 N–H and O–H groups in total. The first-order valence-electron chi connectivity index (χ1n) is 15.1. The quantitative estimate of drug-likeness (QED) is 0.222. The first-order chi connectivity index (χ1) is 20.6. The number of aromatic nitrogens is 3. The molecule has 3 saturated carbocycles. The Morgan fingerprint density at radius 1 is 0.571 bits per heavy atom. The van der Waals surface area contributed by atoms with Crippen LogP contribution in [-0.4, -0.2) is 15.0 Å². The van der Waals surface area contributed by atoms with Crippen LogP contribution in [0.25, 0.3) is 45.3 Å². The summed E-state index contributed by atoms with van der Waals surface area (Å²) in [6, 6.07) is 37.4. The molecule has 204 valence electrons. The number of hydrogen-bond donors (Lipinski definition) is 0. The molecule has 5 aromatic rings. The van der Waals surface area contributed by atoms with Crippen LogP contribution < -0.4 is 0 Å². The van der Waals surface area contributed by atoms with Gasteiger partial charge in [0, 0.05) is 16.7 Å². The highest BCUT2D eigenvalue weighted by Crippen LogP contribution is 2.67. The van der Waals surface area contributed by atoms with Crippen molar-refractivity contribution in [1.82, 2.24) is 15.0 Å². The van der Waals surface area contributed by atoms with E-state index in [0.717, 1.165) is 40.4 Å². The predicted octanol–water partition coefficient (Wildman–Crippen LogP) is 8.73. The first kappa shape index (κ1) is 25.1. The molecule has 0 spiro atoms. The van der Waals surface area contributed by atoms with Gasteiger partial charge in [-0.25, -0.2) is 15.0 Å². The summed E-state index contributed by atoms with van der Waals surface area (Å²) < 4.78 is 0. The second-order valence-corrected chi connectivity index (χ2v) is 12.8. The van der Waals surface area contributed by atoms with Gasteiger partial charge in [0.2, 0.25) is 0 Å². The van der Waals surface area contributed by atoms with E-state index in [-0.39, 0.29) is 0 Å². The first-order valence-corrected chi connectivity index (χ1v) is 15.1. The summed E-state index contributed by atoms with van der Waals surface area (Å²) in [5.74, 6) is 5.91. The lowest BCUT2D eigenvalue weighted by atomic mass is 9.39. The zero-order valence-corrected chi connectivity index (χ0v) is 23.7. The summed E-state index contributed by atoms with van der Waals surface area (Å²) in [5.41, 5.74) is 7.57. The molecule has 4 heteroatoms. The fourth-order valence-electron chi connectivity index (χ4n) is 8.10. The molecule has 2 unspecified atom stereocenters. The molecule has 0 bridgehead atoms. The highest BCUT2D eigenvalue weighted by molar-refractivity contribution is 5.70. The molecule has 3 aliphatic rings. The number of nitrogens with zero attached hydrogens (tertiary/aromatic N) is 4. The summed E-state index contributed by atoms with van der Waals surface area (Å²) in [7, 11) is 0. The van der Waals surface area contributed by atoms with Crippen molar-refractivity contribution < 1.29 is 0 Å². The number of nitriles is 1. The monoisotopic (exact) mass is 544 g/mol. The molecule has 0 aliphatic heterocycles. The SMILES string of the molecule is CC1(c2ccc(-c3ccc(-c4nc(-c5ccccc5)nc(-c5ccc(C#N)cc5)n4)cc3)cc2)C[C@H]2C[C@H]3C[C@@H](C1)C32. The fourth-order valence-corrected chi connectivity index (χ4v) is 8.10. The molecule has 8 rings (SSSR count). The molecule has 4 aromatic carbocycles. The maximum atomic E-state index is 9.21. The molecule has 3 aliphatic carbocycles. The van der Waals surface area contributed by atoms with Gasteiger partial charge in [-0.15, -0.1) is 0 Å². The van der Waals surface area contributed by atoms with Crippen molar-refractivity contribution in [2.75, 3.05) is 0 Å². The van der Waals surface area contributed by atoms with Crippen LogP contribution in [0.1, 0.15) is 43.7 Å². The van der Waals surface area contributed by atoms with Crippen LogP contribution in [0.2, 0.25) is 0 Å². The largest absolute Gasteiger partial charge is 0.208 e. The average Bonchev–Trinajstić information content (AvgIpc) is 3.03. The average molecular weight is 545 g/mol. The Hall–Kier alpha value is -4.62. The fraction of sp³-hybridized carbons (Fsp3) is 0.263. The number of benzene rings is 4. The van der Waals surface area contributed by atoms with E-state index in [1.165, 1.54) is 42.4 Å².